The van der Waals surface area contributed by atoms with Crippen LogP contribution in [0.5, 0.6) is 5.75 Å². The Morgan fingerprint density at radius 1 is 1.32 bits per heavy atom. The molecule has 0 saturated heterocycles. The molecule has 2 aromatic rings. The average Bonchev–Trinajstić information content (AvgIpc) is 3.38. The summed E-state index contributed by atoms with van der Waals surface area (Å²) in [6.45, 7) is 5.76. The number of aryl methyl sites for hydroxylation is 2. The van der Waals surface area contributed by atoms with Gasteiger partial charge in [0, 0.05) is 6.04 Å². The number of nitrogens with two attached hydrogens (primary N) is 1. The fourth-order valence-corrected chi connectivity index (χ4v) is 3.31. The second kappa shape index (κ2) is 8.51. The van der Waals surface area contributed by atoms with Crippen molar-refractivity contribution in [3.63, 3.8) is 0 Å². The molecule has 1 fully saturated rings. The van der Waals surface area contributed by atoms with E-state index >= 15 is 0 Å². The van der Waals surface area contributed by atoms with Crippen molar-refractivity contribution >= 4 is 23.7 Å². The molecule has 3 amide bonds. The summed E-state index contributed by atoms with van der Waals surface area (Å²) in [5, 5.41) is 12.9. The van der Waals surface area contributed by atoms with E-state index < -0.39 is 17.2 Å². The van der Waals surface area contributed by atoms with Crippen molar-refractivity contribution in [1.29, 1.82) is 0 Å². The Bertz CT molecular complexity index is 860. The van der Waals surface area contributed by atoms with E-state index in [1.807, 2.05) is 32.0 Å². The van der Waals surface area contributed by atoms with Gasteiger partial charge in [0.1, 0.15) is 12.4 Å². The Kier molecular flexibility index (Phi) is 6.08. The van der Waals surface area contributed by atoms with Crippen LogP contribution in [-0.4, -0.2) is 38.1 Å². The monoisotopic (exact) mass is 404 g/mol. The number of ether oxygens (including phenoxy) is 1. The van der Waals surface area contributed by atoms with Crippen LogP contribution in [0, 0.1) is 13.8 Å². The third-order valence-corrected chi connectivity index (χ3v) is 5.35. The first-order chi connectivity index (χ1) is 13.3. The molecule has 28 heavy (non-hydrogen) atoms. The molecule has 1 aliphatic carbocycles. The van der Waals surface area contributed by atoms with Crippen LogP contribution in [0.15, 0.2) is 23.4 Å². The highest BCUT2D eigenvalue weighted by Gasteiger charge is 2.26. The summed E-state index contributed by atoms with van der Waals surface area (Å²) in [6, 6.07) is 5.61. The van der Waals surface area contributed by atoms with Gasteiger partial charge >= 0.3 is 6.03 Å². The van der Waals surface area contributed by atoms with Gasteiger partial charge in [-0.2, -0.15) is 0 Å². The van der Waals surface area contributed by atoms with Crippen LogP contribution in [0.1, 0.15) is 36.7 Å². The summed E-state index contributed by atoms with van der Waals surface area (Å²) >= 11 is 1.12. The van der Waals surface area contributed by atoms with Crippen molar-refractivity contribution in [2.45, 2.75) is 56.7 Å². The van der Waals surface area contributed by atoms with E-state index in [0.717, 1.165) is 41.5 Å². The van der Waals surface area contributed by atoms with Crippen LogP contribution in [0.25, 0.3) is 0 Å². The number of nitrogen functional groups attached to an aromatic ring is 1. The second-order valence-corrected chi connectivity index (χ2v) is 8.08. The van der Waals surface area contributed by atoms with E-state index in [-0.39, 0.29) is 12.6 Å². The zero-order valence-corrected chi connectivity index (χ0v) is 16.9. The summed E-state index contributed by atoms with van der Waals surface area (Å²) in [5.41, 5.74) is 2.04. The molecule has 1 atom stereocenters. The van der Waals surface area contributed by atoms with Crippen molar-refractivity contribution in [3.8, 4) is 5.75 Å². The van der Waals surface area contributed by atoms with Crippen molar-refractivity contribution in [3.05, 3.63) is 35.2 Å². The average molecular weight is 404 g/mol. The first kappa shape index (κ1) is 20.0. The molecule has 0 aliphatic heterocycles. The summed E-state index contributed by atoms with van der Waals surface area (Å²) in [4.78, 5) is 23.8. The first-order valence-corrected chi connectivity index (χ1v) is 9.89. The molecule has 0 bridgehead atoms. The number of aromatic nitrogens is 3. The zero-order chi connectivity index (χ0) is 20.3. The van der Waals surface area contributed by atoms with Gasteiger partial charge in [-0.25, -0.2) is 9.47 Å². The number of thioether (sulfide) groups is 1. The van der Waals surface area contributed by atoms with Gasteiger partial charge in [0.2, 0.25) is 11.1 Å². The molecule has 1 aromatic heterocycles. The van der Waals surface area contributed by atoms with E-state index in [0.29, 0.717) is 11.0 Å². The zero-order valence-electron chi connectivity index (χ0n) is 16.1. The molecule has 1 heterocycles. The van der Waals surface area contributed by atoms with E-state index in [9.17, 15) is 9.59 Å². The first-order valence-electron chi connectivity index (χ1n) is 9.01. The summed E-state index contributed by atoms with van der Waals surface area (Å²) in [7, 11) is 0. The topological polar surface area (TPSA) is 124 Å². The molecule has 10 heteroatoms. The van der Waals surface area contributed by atoms with Gasteiger partial charge in [-0.15, -0.1) is 10.2 Å². The number of imide groups is 1. The highest BCUT2D eigenvalue weighted by Crippen LogP contribution is 2.24. The number of benzene rings is 1. The van der Waals surface area contributed by atoms with Gasteiger partial charge < -0.3 is 15.9 Å². The Morgan fingerprint density at radius 2 is 2.00 bits per heavy atom. The lowest BCUT2D eigenvalue weighted by Gasteiger charge is -2.12. The van der Waals surface area contributed by atoms with E-state index in [1.54, 1.807) is 6.92 Å². The highest BCUT2D eigenvalue weighted by molar-refractivity contribution is 8.00. The molecule has 1 aliphatic rings. The van der Waals surface area contributed by atoms with Gasteiger partial charge in [0.05, 0.1) is 5.25 Å². The molecular formula is C18H24N6O3S. The smallest absolute Gasteiger partial charge is 0.321 e. The van der Waals surface area contributed by atoms with Crippen LogP contribution in [0.3, 0.4) is 0 Å². The maximum absolute atomic E-state index is 12.1. The van der Waals surface area contributed by atoms with Crippen molar-refractivity contribution in [2.75, 3.05) is 5.84 Å². The molecule has 0 spiro atoms. The number of hydrogen-bond acceptors (Lipinski definition) is 7. The summed E-state index contributed by atoms with van der Waals surface area (Å²) in [6.07, 6.45) is 1.91. The predicted octanol–water partition coefficient (Wildman–Crippen LogP) is 1.66. The third kappa shape index (κ3) is 4.94. The van der Waals surface area contributed by atoms with Gasteiger partial charge in [-0.3, -0.25) is 10.1 Å². The molecular weight excluding hydrogens is 380 g/mol. The maximum atomic E-state index is 12.1. The van der Waals surface area contributed by atoms with Crippen LogP contribution in [-0.2, 0) is 11.4 Å². The highest BCUT2D eigenvalue weighted by atomic mass is 32.2. The molecule has 4 N–H and O–H groups in total. The Balaban J connectivity index is 1.56. The number of para-hydroxylation sites is 1. The number of carbonyl (C=O) groups is 2. The molecule has 0 radical (unpaired) electrons. The fourth-order valence-electron chi connectivity index (χ4n) is 2.52. The van der Waals surface area contributed by atoms with Crippen LogP contribution in [0.4, 0.5) is 4.79 Å². The predicted molar refractivity (Wildman–Crippen MR) is 105 cm³/mol. The molecule has 3 rings (SSSR count). The molecule has 1 saturated carbocycles. The number of hydrogen-bond donors (Lipinski definition) is 3. The normalized spacial score (nSPS) is 14.4. The number of urea groups is 1. The van der Waals surface area contributed by atoms with E-state index in [2.05, 4.69) is 20.8 Å². The van der Waals surface area contributed by atoms with Gasteiger partial charge in [0.15, 0.2) is 5.82 Å². The summed E-state index contributed by atoms with van der Waals surface area (Å²) < 4.78 is 7.15. The molecule has 9 nitrogen and oxygen atoms in total. The number of nitrogens with zero attached hydrogens (tertiary/aromatic N) is 3. The minimum Gasteiger partial charge on any atom is -0.485 e. The van der Waals surface area contributed by atoms with Gasteiger partial charge in [-0.1, -0.05) is 30.0 Å². The number of nitrogens with one attached hydrogen (secondary N) is 2. The van der Waals surface area contributed by atoms with Crippen LogP contribution < -0.4 is 21.2 Å². The van der Waals surface area contributed by atoms with Crippen molar-refractivity contribution < 1.29 is 14.3 Å². The molecule has 0 unspecified atom stereocenters. The quantitative estimate of drug-likeness (QED) is 0.473. The Morgan fingerprint density at radius 3 is 2.64 bits per heavy atom. The fraction of sp³-hybridized carbons (Fsp3) is 0.444. The number of rotatable bonds is 7. The van der Waals surface area contributed by atoms with Crippen molar-refractivity contribution in [1.82, 2.24) is 25.5 Å². The molecule has 150 valence electrons. The minimum atomic E-state index is -0.566. The van der Waals surface area contributed by atoms with Crippen LogP contribution in [0.2, 0.25) is 0 Å². The Hall–Kier alpha value is -2.75. The van der Waals surface area contributed by atoms with Crippen molar-refractivity contribution in [2.24, 2.45) is 0 Å². The molecule has 1 aromatic carbocycles. The third-order valence-electron chi connectivity index (χ3n) is 4.29. The lowest BCUT2D eigenvalue weighted by molar-refractivity contribution is -0.119. The van der Waals surface area contributed by atoms with Crippen LogP contribution >= 0.6 is 11.8 Å². The number of carbonyl (C=O) groups excluding carboxylic acids is 2. The van der Waals surface area contributed by atoms with E-state index in [1.165, 1.54) is 4.68 Å². The van der Waals surface area contributed by atoms with Gasteiger partial charge in [-0.05, 0) is 44.7 Å². The summed E-state index contributed by atoms with van der Waals surface area (Å²) in [5.74, 6) is 6.85. The SMILES string of the molecule is Cc1cccc(C)c1OCc1nnc(S[C@@H](C)C(=O)NC(=O)NC2CC2)n1N. The van der Waals surface area contributed by atoms with Gasteiger partial charge in [0.25, 0.3) is 0 Å². The Labute approximate surface area is 167 Å². The standard InChI is InChI=1S/C18H24N6O3S/c1-10-5-4-6-11(2)15(10)27-9-14-22-23-18(24(14)19)28-12(3)16(25)21-17(26)20-13-7-8-13/h4-6,12-13H,7-9,19H2,1-3H3,(H2,20,21,25,26)/t12-/m0/s1. The lowest BCUT2D eigenvalue weighted by atomic mass is 10.1. The lowest BCUT2D eigenvalue weighted by Crippen LogP contribution is -2.43. The second-order valence-electron chi connectivity index (χ2n) is 6.78. The largest absolute Gasteiger partial charge is 0.485 e. The maximum Gasteiger partial charge on any atom is 0.321 e. The van der Waals surface area contributed by atoms with E-state index in [4.69, 9.17) is 10.6 Å². The number of amides is 3. The minimum absolute atomic E-state index is 0.153.